The smallest absolute Gasteiger partial charge is 0.295 e. The maximum Gasteiger partial charge on any atom is 0.295 e. The number of likely N-dealkylation sites (tertiary alicyclic amines) is 1. The maximum absolute atomic E-state index is 13.4. The number of methoxy groups -OCH3 is 3. The summed E-state index contributed by atoms with van der Waals surface area (Å²) in [4.78, 5) is 28.1. The van der Waals surface area contributed by atoms with Gasteiger partial charge in [0.05, 0.1) is 56.2 Å². The molecule has 1 fully saturated rings. The highest BCUT2D eigenvalue weighted by Crippen LogP contribution is 2.44. The second kappa shape index (κ2) is 12.9. The van der Waals surface area contributed by atoms with Gasteiger partial charge in [-0.3, -0.25) is 9.59 Å². The molecule has 0 saturated carbocycles. The number of Topliss-reactive ketones (excluding diaryl/α,β-unsaturated/α-hetero) is 1. The molecule has 1 atom stereocenters. The zero-order valence-electron chi connectivity index (χ0n) is 22.5. The van der Waals surface area contributed by atoms with E-state index in [9.17, 15) is 14.7 Å². The van der Waals surface area contributed by atoms with Crippen molar-refractivity contribution < 1.29 is 38.4 Å². The number of ether oxygens (including phenoxy) is 5. The van der Waals surface area contributed by atoms with Crippen LogP contribution in [0.1, 0.15) is 44.4 Å². The van der Waals surface area contributed by atoms with Crippen molar-refractivity contribution in [2.45, 2.75) is 39.3 Å². The van der Waals surface area contributed by atoms with Gasteiger partial charge in [-0.15, -0.1) is 0 Å². The molecule has 1 unspecified atom stereocenters. The van der Waals surface area contributed by atoms with E-state index >= 15 is 0 Å². The van der Waals surface area contributed by atoms with E-state index in [1.807, 2.05) is 20.8 Å². The van der Waals surface area contributed by atoms with Gasteiger partial charge < -0.3 is 33.7 Å². The molecule has 9 nitrogen and oxygen atoms in total. The summed E-state index contributed by atoms with van der Waals surface area (Å²) in [6, 6.07) is 7.20. The standard InChI is InChI=1S/C28H34ClNO8/c1-7-37-23-13-17(9-10-20(23)34-4)25-24(27(32)28(33)30(25)11-8-12-38-16(2)3)26(31)18-14-19(29)22(36-6)15-21(18)35-5/h9-10,13-16,25,31H,7-8,11-12H2,1-6H3/b26-24+. The lowest BCUT2D eigenvalue weighted by Crippen LogP contribution is -2.31. The molecule has 1 amide bonds. The molecule has 2 aromatic carbocycles. The minimum Gasteiger partial charge on any atom is -0.507 e. The van der Waals surface area contributed by atoms with Gasteiger partial charge in [0.2, 0.25) is 0 Å². The van der Waals surface area contributed by atoms with Gasteiger partial charge in [0.1, 0.15) is 17.3 Å². The highest BCUT2D eigenvalue weighted by molar-refractivity contribution is 6.46. The SMILES string of the molecule is CCOc1cc(C2/C(=C(\O)c3cc(Cl)c(OC)cc3OC)C(=O)C(=O)N2CCCOC(C)C)ccc1OC. The Morgan fingerprint density at radius 1 is 1.00 bits per heavy atom. The second-order valence-electron chi connectivity index (χ2n) is 8.80. The summed E-state index contributed by atoms with van der Waals surface area (Å²) < 4.78 is 27.5. The normalized spacial score (nSPS) is 16.7. The van der Waals surface area contributed by atoms with Gasteiger partial charge in [0.25, 0.3) is 11.7 Å². The van der Waals surface area contributed by atoms with Crippen LogP contribution >= 0.6 is 11.6 Å². The summed E-state index contributed by atoms with van der Waals surface area (Å²) in [6.45, 7) is 6.70. The van der Waals surface area contributed by atoms with Crippen LogP contribution in [0.25, 0.3) is 5.76 Å². The molecule has 10 heteroatoms. The Balaban J connectivity index is 2.19. The van der Waals surface area contributed by atoms with Crippen LogP contribution in [0.5, 0.6) is 23.0 Å². The summed E-state index contributed by atoms with van der Waals surface area (Å²) in [5, 5.41) is 11.7. The van der Waals surface area contributed by atoms with Gasteiger partial charge in [0.15, 0.2) is 11.5 Å². The minimum atomic E-state index is -0.898. The van der Waals surface area contributed by atoms with Crippen LogP contribution < -0.4 is 18.9 Å². The van der Waals surface area contributed by atoms with E-state index in [1.54, 1.807) is 18.2 Å². The number of rotatable bonds is 12. The van der Waals surface area contributed by atoms with Crippen molar-refractivity contribution in [3.8, 4) is 23.0 Å². The Kier molecular flexibility index (Phi) is 9.88. The van der Waals surface area contributed by atoms with Crippen LogP contribution in [-0.2, 0) is 14.3 Å². The van der Waals surface area contributed by atoms with Crippen LogP contribution in [0, 0.1) is 0 Å². The van der Waals surface area contributed by atoms with Crippen molar-refractivity contribution in [3.63, 3.8) is 0 Å². The fraction of sp³-hybridized carbons (Fsp3) is 0.429. The zero-order chi connectivity index (χ0) is 28.0. The Morgan fingerprint density at radius 3 is 2.29 bits per heavy atom. The number of nitrogens with zero attached hydrogens (tertiary/aromatic N) is 1. The van der Waals surface area contributed by atoms with Crippen LogP contribution in [-0.4, -0.2) is 68.9 Å². The molecule has 0 aliphatic carbocycles. The summed E-state index contributed by atoms with van der Waals surface area (Å²) in [7, 11) is 4.40. The number of aliphatic hydroxyl groups is 1. The third-order valence-electron chi connectivity index (χ3n) is 6.07. The third kappa shape index (κ3) is 6.00. The number of carbonyl (C=O) groups is 2. The molecule has 0 radical (unpaired) electrons. The number of aliphatic hydroxyl groups excluding tert-OH is 1. The quantitative estimate of drug-likeness (QED) is 0.171. The lowest BCUT2D eigenvalue weighted by atomic mass is 9.94. The lowest BCUT2D eigenvalue weighted by Gasteiger charge is -2.26. The molecule has 1 saturated heterocycles. The molecule has 1 aliphatic heterocycles. The molecule has 3 rings (SSSR count). The van der Waals surface area contributed by atoms with Crippen molar-refractivity contribution in [1.82, 2.24) is 4.90 Å². The van der Waals surface area contributed by atoms with Gasteiger partial charge >= 0.3 is 0 Å². The minimum absolute atomic E-state index is 0.0313. The number of amides is 1. The maximum atomic E-state index is 13.4. The number of halogens is 1. The second-order valence-corrected chi connectivity index (χ2v) is 9.20. The number of hydrogen-bond acceptors (Lipinski definition) is 8. The van der Waals surface area contributed by atoms with E-state index in [-0.39, 0.29) is 34.6 Å². The molecule has 2 aromatic rings. The van der Waals surface area contributed by atoms with Crippen molar-refractivity contribution in [2.24, 2.45) is 0 Å². The molecule has 0 aromatic heterocycles. The van der Waals surface area contributed by atoms with Crippen molar-refractivity contribution in [1.29, 1.82) is 0 Å². The monoisotopic (exact) mass is 547 g/mol. The summed E-state index contributed by atoms with van der Waals surface area (Å²) in [5.41, 5.74) is 0.633. The van der Waals surface area contributed by atoms with Crippen LogP contribution in [0.4, 0.5) is 0 Å². The number of hydrogen-bond donors (Lipinski definition) is 1. The van der Waals surface area contributed by atoms with E-state index in [0.717, 1.165) is 0 Å². The summed E-state index contributed by atoms with van der Waals surface area (Å²) in [5.74, 6) is -0.451. The Bertz CT molecular complexity index is 1210. The molecule has 38 heavy (non-hydrogen) atoms. The molecule has 0 bridgehead atoms. The van der Waals surface area contributed by atoms with Gasteiger partial charge in [-0.2, -0.15) is 0 Å². The summed E-state index contributed by atoms with van der Waals surface area (Å²) >= 11 is 6.33. The Hall–Kier alpha value is -3.43. The Labute approximate surface area is 227 Å². The van der Waals surface area contributed by atoms with E-state index in [0.29, 0.717) is 42.4 Å². The highest BCUT2D eigenvalue weighted by Gasteiger charge is 2.46. The topological polar surface area (TPSA) is 104 Å². The summed E-state index contributed by atoms with van der Waals surface area (Å²) in [6.07, 6.45) is 0.525. The average molecular weight is 548 g/mol. The molecule has 1 N–H and O–H groups in total. The molecule has 206 valence electrons. The predicted molar refractivity (Wildman–Crippen MR) is 143 cm³/mol. The fourth-order valence-electron chi connectivity index (χ4n) is 4.33. The van der Waals surface area contributed by atoms with Crippen LogP contribution in [0.2, 0.25) is 5.02 Å². The van der Waals surface area contributed by atoms with E-state index in [1.165, 1.54) is 38.4 Å². The first-order chi connectivity index (χ1) is 18.2. The van der Waals surface area contributed by atoms with Crippen LogP contribution in [0.15, 0.2) is 35.9 Å². The van der Waals surface area contributed by atoms with Gasteiger partial charge in [-0.05, 0) is 51.0 Å². The first-order valence-electron chi connectivity index (χ1n) is 12.3. The molecule has 0 spiro atoms. The van der Waals surface area contributed by atoms with Crippen LogP contribution in [0.3, 0.4) is 0 Å². The number of carbonyl (C=O) groups excluding carboxylic acids is 2. The van der Waals surface area contributed by atoms with Crippen molar-refractivity contribution in [2.75, 3.05) is 41.1 Å². The first-order valence-corrected chi connectivity index (χ1v) is 12.7. The Morgan fingerprint density at radius 2 is 1.68 bits per heavy atom. The van der Waals surface area contributed by atoms with E-state index in [4.69, 9.17) is 35.3 Å². The number of ketones is 1. The van der Waals surface area contributed by atoms with Gasteiger partial charge in [-0.25, -0.2) is 0 Å². The molecular formula is C28H34ClNO8. The van der Waals surface area contributed by atoms with E-state index in [2.05, 4.69) is 0 Å². The van der Waals surface area contributed by atoms with Crippen molar-refractivity contribution in [3.05, 3.63) is 52.1 Å². The predicted octanol–water partition coefficient (Wildman–Crippen LogP) is 5.00. The third-order valence-corrected chi connectivity index (χ3v) is 6.36. The molecule has 1 heterocycles. The molecular weight excluding hydrogens is 514 g/mol. The van der Waals surface area contributed by atoms with Crippen molar-refractivity contribution >= 4 is 29.1 Å². The highest BCUT2D eigenvalue weighted by atomic mass is 35.5. The first kappa shape index (κ1) is 29.1. The van der Waals surface area contributed by atoms with Gasteiger partial charge in [-0.1, -0.05) is 17.7 Å². The number of benzene rings is 2. The van der Waals surface area contributed by atoms with Gasteiger partial charge in [0, 0.05) is 19.2 Å². The fourth-order valence-corrected chi connectivity index (χ4v) is 4.57. The molecule has 1 aliphatic rings. The zero-order valence-corrected chi connectivity index (χ0v) is 23.3. The lowest BCUT2D eigenvalue weighted by molar-refractivity contribution is -0.140. The van der Waals surface area contributed by atoms with E-state index < -0.39 is 23.5 Å². The largest absolute Gasteiger partial charge is 0.507 e. The average Bonchev–Trinajstić information content (AvgIpc) is 3.15.